The third kappa shape index (κ3) is 4.29. The van der Waals surface area contributed by atoms with Gasteiger partial charge in [-0.15, -0.1) is 0 Å². The van der Waals surface area contributed by atoms with Gasteiger partial charge in [-0.3, -0.25) is 16.0 Å². The molecule has 3 saturated carbocycles. The van der Waals surface area contributed by atoms with E-state index in [1.165, 1.54) is 77.0 Å². The summed E-state index contributed by atoms with van der Waals surface area (Å²) in [6.07, 6.45) is 16.0. The van der Waals surface area contributed by atoms with Crippen molar-refractivity contribution in [1.82, 2.24) is 16.0 Å². The Morgan fingerprint density at radius 1 is 0.619 bits per heavy atom. The van der Waals surface area contributed by atoms with Crippen molar-refractivity contribution >= 4 is 10.5 Å². The molecule has 0 amide bonds. The maximum atomic E-state index is 6.13. The quantitative estimate of drug-likeness (QED) is 0.492. The predicted molar refractivity (Wildman–Crippen MR) is 89.9 cm³/mol. The van der Waals surface area contributed by atoms with Crippen LogP contribution in [0.2, 0.25) is 0 Å². The molecule has 0 bridgehead atoms. The first kappa shape index (κ1) is 15.9. The molecule has 0 aromatic heterocycles. The fourth-order valence-electron chi connectivity index (χ4n) is 4.37. The highest BCUT2D eigenvalue weighted by Gasteiger charge is 2.37. The molecule has 0 radical (unpaired) electrons. The van der Waals surface area contributed by atoms with E-state index >= 15 is 0 Å². The van der Waals surface area contributed by atoms with Crippen LogP contribution in [0.15, 0.2) is 0 Å². The first-order valence-electron chi connectivity index (χ1n) is 9.18. The molecule has 0 atom stereocenters. The minimum atomic E-state index is -0.453. The van der Waals surface area contributed by atoms with Crippen molar-refractivity contribution in [3.8, 4) is 0 Å². The van der Waals surface area contributed by atoms with Crippen molar-refractivity contribution in [1.29, 1.82) is 0 Å². The number of hydrogen-bond donors (Lipinski definition) is 3. The lowest BCUT2D eigenvalue weighted by atomic mass is 10.2. The Morgan fingerprint density at radius 2 is 0.905 bits per heavy atom. The Kier molecular flexibility index (Phi) is 5.73. The Balaban J connectivity index is 1.65. The lowest BCUT2D eigenvalue weighted by Gasteiger charge is -2.42. The van der Waals surface area contributed by atoms with Crippen molar-refractivity contribution in [2.75, 3.05) is 0 Å². The summed E-state index contributed by atoms with van der Waals surface area (Å²) in [7, 11) is 0.752. The first-order chi connectivity index (χ1) is 10.3. The summed E-state index contributed by atoms with van der Waals surface area (Å²) in [5, 5.41) is 11.5. The SMILES string of the molecule is [SiH3]OC(NC1CCCC1)(NC1CCCC1)NC1CCCC1. The van der Waals surface area contributed by atoms with Crippen molar-refractivity contribution < 1.29 is 4.43 Å². The van der Waals surface area contributed by atoms with Gasteiger partial charge in [0.2, 0.25) is 5.97 Å². The molecule has 4 nitrogen and oxygen atoms in total. The van der Waals surface area contributed by atoms with Gasteiger partial charge in [0.1, 0.15) is 0 Å². The molecule has 0 aromatic carbocycles. The van der Waals surface area contributed by atoms with Crippen LogP contribution in [0.1, 0.15) is 77.0 Å². The molecule has 0 heterocycles. The van der Waals surface area contributed by atoms with Gasteiger partial charge in [0.25, 0.3) is 0 Å². The molecule has 3 aliphatic rings. The fraction of sp³-hybridized carbons (Fsp3) is 1.00. The molecule has 3 fully saturated rings. The molecule has 0 spiro atoms. The number of rotatable bonds is 7. The van der Waals surface area contributed by atoms with Crippen LogP contribution in [0.4, 0.5) is 0 Å². The van der Waals surface area contributed by atoms with Gasteiger partial charge in [0.05, 0.1) is 0 Å². The largest absolute Gasteiger partial charge is 0.387 e. The molecule has 0 saturated heterocycles. The van der Waals surface area contributed by atoms with Crippen LogP contribution in [0, 0.1) is 0 Å². The van der Waals surface area contributed by atoms with Gasteiger partial charge >= 0.3 is 0 Å². The molecule has 3 aliphatic carbocycles. The smallest absolute Gasteiger partial charge is 0.225 e. The number of nitrogens with one attached hydrogen (secondary N) is 3. The van der Waals surface area contributed by atoms with Crippen LogP contribution in [0.5, 0.6) is 0 Å². The third-order valence-electron chi connectivity index (χ3n) is 5.59. The standard InChI is InChI=1S/C16H33N3OSi/c21-20-16(17-13-7-1-2-8-13,18-14-9-3-4-10-14)19-15-11-5-6-12-15/h13-15,17-19H,1-12H2,21H3. The van der Waals surface area contributed by atoms with Crippen LogP contribution in [-0.2, 0) is 4.43 Å². The van der Waals surface area contributed by atoms with Crippen molar-refractivity contribution in [3.05, 3.63) is 0 Å². The zero-order valence-corrected chi connectivity index (χ0v) is 15.6. The van der Waals surface area contributed by atoms with E-state index in [0.29, 0.717) is 18.1 Å². The summed E-state index contributed by atoms with van der Waals surface area (Å²) >= 11 is 0. The maximum absolute atomic E-state index is 6.13. The highest BCUT2D eigenvalue weighted by atomic mass is 28.2. The zero-order valence-electron chi connectivity index (χ0n) is 13.6. The average molecular weight is 312 g/mol. The monoisotopic (exact) mass is 311 g/mol. The van der Waals surface area contributed by atoms with Gasteiger partial charge in [0.15, 0.2) is 10.5 Å². The van der Waals surface area contributed by atoms with Crippen molar-refractivity contribution in [2.45, 2.75) is 101 Å². The average Bonchev–Trinajstić information content (AvgIpc) is 3.21. The van der Waals surface area contributed by atoms with Crippen LogP contribution in [0.3, 0.4) is 0 Å². The van der Waals surface area contributed by atoms with E-state index in [0.717, 1.165) is 10.5 Å². The molecule has 0 unspecified atom stereocenters. The van der Waals surface area contributed by atoms with Crippen LogP contribution in [-0.4, -0.2) is 34.6 Å². The third-order valence-corrected chi connectivity index (χ3v) is 6.21. The lowest BCUT2D eigenvalue weighted by molar-refractivity contribution is -0.0557. The van der Waals surface area contributed by atoms with E-state index in [4.69, 9.17) is 4.43 Å². The molecule has 122 valence electrons. The van der Waals surface area contributed by atoms with Crippen LogP contribution >= 0.6 is 0 Å². The lowest BCUT2D eigenvalue weighted by Crippen LogP contribution is -2.72. The summed E-state index contributed by atoms with van der Waals surface area (Å²) < 4.78 is 6.13. The molecule has 3 rings (SSSR count). The second-order valence-electron chi connectivity index (χ2n) is 7.26. The van der Waals surface area contributed by atoms with Crippen LogP contribution in [0.25, 0.3) is 0 Å². The van der Waals surface area contributed by atoms with Gasteiger partial charge in [-0.2, -0.15) is 0 Å². The summed E-state index contributed by atoms with van der Waals surface area (Å²) in [4.78, 5) is 0. The van der Waals surface area contributed by atoms with Gasteiger partial charge in [-0.1, -0.05) is 38.5 Å². The summed E-state index contributed by atoms with van der Waals surface area (Å²) in [6, 6.07) is 1.84. The van der Waals surface area contributed by atoms with E-state index in [1.54, 1.807) is 0 Å². The molecule has 3 N–H and O–H groups in total. The highest BCUT2D eigenvalue weighted by Crippen LogP contribution is 2.25. The molecular weight excluding hydrogens is 278 g/mol. The first-order valence-corrected chi connectivity index (χ1v) is 9.99. The second-order valence-corrected chi connectivity index (χ2v) is 7.67. The van der Waals surface area contributed by atoms with Gasteiger partial charge in [-0.25, -0.2) is 0 Å². The normalized spacial score (nSPS) is 26.3. The van der Waals surface area contributed by atoms with E-state index in [9.17, 15) is 0 Å². The topological polar surface area (TPSA) is 45.3 Å². The van der Waals surface area contributed by atoms with E-state index in [-0.39, 0.29) is 0 Å². The highest BCUT2D eigenvalue weighted by molar-refractivity contribution is 5.98. The molecule has 5 heteroatoms. The Bertz CT molecular complexity index is 265. The Labute approximate surface area is 132 Å². The van der Waals surface area contributed by atoms with Crippen molar-refractivity contribution in [2.24, 2.45) is 0 Å². The van der Waals surface area contributed by atoms with Crippen LogP contribution < -0.4 is 16.0 Å². The Morgan fingerprint density at radius 3 is 1.14 bits per heavy atom. The van der Waals surface area contributed by atoms with E-state index < -0.39 is 5.97 Å². The summed E-state index contributed by atoms with van der Waals surface area (Å²) in [6.45, 7) is 0. The zero-order chi connectivity index (χ0) is 14.5. The van der Waals surface area contributed by atoms with Gasteiger partial charge in [-0.05, 0) is 38.5 Å². The molecule has 0 aromatic rings. The van der Waals surface area contributed by atoms with Crippen molar-refractivity contribution in [3.63, 3.8) is 0 Å². The number of hydrogen-bond acceptors (Lipinski definition) is 4. The summed E-state index contributed by atoms with van der Waals surface area (Å²) in [5.74, 6) is -0.453. The van der Waals surface area contributed by atoms with E-state index in [1.807, 2.05) is 0 Å². The maximum Gasteiger partial charge on any atom is 0.225 e. The van der Waals surface area contributed by atoms with E-state index in [2.05, 4.69) is 16.0 Å². The molecular formula is C16H33N3OSi. The van der Waals surface area contributed by atoms with Gasteiger partial charge in [0, 0.05) is 18.1 Å². The second kappa shape index (κ2) is 7.55. The summed E-state index contributed by atoms with van der Waals surface area (Å²) in [5.41, 5.74) is 0. The molecule has 0 aliphatic heterocycles. The predicted octanol–water partition coefficient (Wildman–Crippen LogP) is 1.49. The minimum absolute atomic E-state index is 0.453. The molecule has 21 heavy (non-hydrogen) atoms. The van der Waals surface area contributed by atoms with Gasteiger partial charge < -0.3 is 4.43 Å². The fourth-order valence-corrected chi connectivity index (χ4v) is 4.73. The minimum Gasteiger partial charge on any atom is -0.387 e. The Hall–Kier alpha value is 0.0569.